The maximum atomic E-state index is 8.80. The van der Waals surface area contributed by atoms with Crippen molar-refractivity contribution in [2.75, 3.05) is 0 Å². The summed E-state index contributed by atoms with van der Waals surface area (Å²) in [5.41, 5.74) is 8.94. The molecule has 0 atom stereocenters. The zero-order chi connectivity index (χ0) is 38.9. The Morgan fingerprint density at radius 3 is 1.84 bits per heavy atom. The Bertz CT molecular complexity index is 2310. The van der Waals surface area contributed by atoms with Gasteiger partial charge in [-0.1, -0.05) is 97.0 Å². The van der Waals surface area contributed by atoms with Crippen molar-refractivity contribution in [1.29, 1.82) is 0 Å². The molecule has 51 heavy (non-hydrogen) atoms. The van der Waals surface area contributed by atoms with E-state index in [0.717, 1.165) is 61.8 Å². The van der Waals surface area contributed by atoms with Crippen LogP contribution in [0.4, 0.5) is 0 Å². The van der Waals surface area contributed by atoms with Crippen LogP contribution in [0.2, 0.25) is 0 Å². The van der Waals surface area contributed by atoms with E-state index < -0.39 is 23.6 Å². The van der Waals surface area contributed by atoms with E-state index in [1.807, 2.05) is 164 Å². The summed E-state index contributed by atoms with van der Waals surface area (Å²) in [4.78, 5) is 13.8. The van der Waals surface area contributed by atoms with E-state index in [9.17, 15) is 0 Å². The summed E-state index contributed by atoms with van der Waals surface area (Å²) >= 11 is 0. The van der Waals surface area contributed by atoms with Crippen molar-refractivity contribution < 1.29 is 25.6 Å². The molecular weight excluding hydrogens is 801 g/mol. The molecule has 0 N–H and O–H groups in total. The van der Waals surface area contributed by atoms with Crippen molar-refractivity contribution in [3.63, 3.8) is 0 Å². The minimum absolute atomic E-state index is 0. The van der Waals surface area contributed by atoms with Crippen LogP contribution in [0.25, 0.3) is 50.6 Å². The molecule has 5 heteroatoms. The largest absolute Gasteiger partial charge is 0.333 e. The Morgan fingerprint density at radius 1 is 0.686 bits per heavy atom. The molecule has 4 aromatic carbocycles. The standard InChI is InChI=1S/C25H25N2.C21H21N2.Ir/c1-17(2)20-13-10-14-21(18(3)4)24(20)27-23-16-9-8-15-22(23)26-25(27)19-11-6-5-7-12-19;1-21(2,3)13-16-9-11-20(22-14-16)18-10-12-19(23-15-18)17-7-5-4-6-8-17;/h5-11,13-18H,1-4H3;4-7,9-12,14-15H,13H2,1-3H3;/q2*-1;/i17D,18D;13D2;. The maximum absolute atomic E-state index is 8.80. The molecule has 7 rings (SSSR count). The Hall–Kier alpha value is -4.70. The van der Waals surface area contributed by atoms with Crippen LogP contribution < -0.4 is 0 Å². The van der Waals surface area contributed by atoms with Crippen LogP contribution in [0.1, 0.15) is 82.4 Å². The number of rotatable bonds is 7. The van der Waals surface area contributed by atoms with Gasteiger partial charge >= 0.3 is 0 Å². The first-order chi connectivity index (χ1) is 25.5. The van der Waals surface area contributed by atoms with E-state index in [1.165, 1.54) is 0 Å². The number of aromatic nitrogens is 4. The van der Waals surface area contributed by atoms with Crippen LogP contribution in [0, 0.1) is 17.5 Å². The van der Waals surface area contributed by atoms with Crippen molar-refractivity contribution in [2.45, 2.75) is 66.6 Å². The molecule has 0 aliphatic rings. The van der Waals surface area contributed by atoms with Crippen molar-refractivity contribution in [3.05, 3.63) is 156 Å². The zero-order valence-electron chi connectivity index (χ0n) is 34.2. The average molecular weight is 851 g/mol. The number of fused-ring (bicyclic) bond motifs is 1. The smallest absolute Gasteiger partial charge is 0.0774 e. The van der Waals surface area contributed by atoms with E-state index >= 15 is 0 Å². The van der Waals surface area contributed by atoms with Crippen molar-refractivity contribution >= 4 is 11.0 Å². The van der Waals surface area contributed by atoms with Gasteiger partial charge in [0, 0.05) is 49.2 Å². The molecule has 4 nitrogen and oxygen atoms in total. The van der Waals surface area contributed by atoms with Crippen LogP contribution >= 0.6 is 0 Å². The Morgan fingerprint density at radius 2 is 1.29 bits per heavy atom. The molecule has 0 saturated heterocycles. The molecule has 3 heterocycles. The molecule has 1 radical (unpaired) electrons. The summed E-state index contributed by atoms with van der Waals surface area (Å²) in [5, 5.41) is 0. The summed E-state index contributed by atoms with van der Waals surface area (Å²) < 4.78 is 36.4. The van der Waals surface area contributed by atoms with E-state index in [1.54, 1.807) is 12.4 Å². The average Bonchev–Trinajstić information content (AvgIpc) is 3.54. The molecule has 0 amide bonds. The fraction of sp³-hybridized carbons (Fsp3) is 0.239. The molecule has 0 aliphatic heterocycles. The fourth-order valence-corrected chi connectivity index (χ4v) is 5.89. The molecule has 3 aromatic heterocycles. The number of pyridine rings is 2. The maximum Gasteiger partial charge on any atom is 0.0774 e. The minimum atomic E-state index is -1.44. The van der Waals surface area contributed by atoms with Gasteiger partial charge in [0.1, 0.15) is 0 Å². The van der Waals surface area contributed by atoms with E-state index in [0.29, 0.717) is 5.56 Å². The molecule has 0 spiro atoms. The number of imidazole rings is 1. The van der Waals surface area contributed by atoms with Gasteiger partial charge in [-0.05, 0) is 64.2 Å². The first-order valence-corrected chi connectivity index (χ1v) is 17.0. The molecule has 0 unspecified atom stereocenters. The third-order valence-electron chi connectivity index (χ3n) is 8.17. The number of hydrogen-bond acceptors (Lipinski definition) is 3. The third kappa shape index (κ3) is 8.97. The topological polar surface area (TPSA) is 43.6 Å². The monoisotopic (exact) mass is 851 g/mol. The van der Waals surface area contributed by atoms with Gasteiger partial charge < -0.3 is 9.55 Å². The second kappa shape index (κ2) is 16.5. The van der Waals surface area contributed by atoms with E-state index in [2.05, 4.69) is 26.7 Å². The zero-order valence-corrected chi connectivity index (χ0v) is 32.6. The van der Waals surface area contributed by atoms with Crippen LogP contribution in [-0.4, -0.2) is 19.5 Å². The van der Waals surface area contributed by atoms with Gasteiger partial charge in [-0.2, -0.15) is 0 Å². The third-order valence-corrected chi connectivity index (χ3v) is 8.17. The van der Waals surface area contributed by atoms with Crippen LogP contribution in [-0.2, 0) is 26.5 Å². The summed E-state index contributed by atoms with van der Waals surface area (Å²) in [6, 6.07) is 43.5. The summed E-state index contributed by atoms with van der Waals surface area (Å²) in [6.07, 6.45) is 1.97. The molecule has 7 aromatic rings. The second-order valence-electron chi connectivity index (χ2n) is 13.8. The van der Waals surface area contributed by atoms with Gasteiger partial charge in [0.25, 0.3) is 0 Å². The Labute approximate surface area is 323 Å². The fourth-order valence-electron chi connectivity index (χ4n) is 5.89. The second-order valence-corrected chi connectivity index (χ2v) is 13.8. The molecule has 261 valence electrons. The number of para-hydroxylation sites is 3. The normalized spacial score (nSPS) is 13.2. The number of hydrogen-bond donors (Lipinski definition) is 0. The van der Waals surface area contributed by atoms with Crippen molar-refractivity contribution in [1.82, 2.24) is 19.5 Å². The minimum Gasteiger partial charge on any atom is -0.333 e. The van der Waals surface area contributed by atoms with Gasteiger partial charge in [-0.25, -0.2) is 0 Å². The summed E-state index contributed by atoms with van der Waals surface area (Å²) in [5.74, 6) is -0.895. The predicted octanol–water partition coefficient (Wildman–Crippen LogP) is 11.9. The summed E-state index contributed by atoms with van der Waals surface area (Å²) in [6.45, 7) is 13.2. The van der Waals surface area contributed by atoms with Gasteiger partial charge in [0.2, 0.25) is 0 Å². The van der Waals surface area contributed by atoms with Gasteiger partial charge in [-0.3, -0.25) is 9.97 Å². The van der Waals surface area contributed by atoms with E-state index in [-0.39, 0.29) is 20.1 Å². The molecule has 0 saturated carbocycles. The number of nitrogens with zero attached hydrogens (tertiary/aromatic N) is 4. The number of benzene rings is 4. The van der Waals surface area contributed by atoms with Crippen LogP contribution in [0.5, 0.6) is 0 Å². The van der Waals surface area contributed by atoms with Crippen molar-refractivity contribution in [2.24, 2.45) is 5.41 Å². The molecule has 0 fully saturated rings. The van der Waals surface area contributed by atoms with Crippen LogP contribution in [0.3, 0.4) is 0 Å². The molecular formula is C46H46IrN4-2. The first kappa shape index (κ1) is 32.2. The quantitative estimate of drug-likeness (QED) is 0.150. The Kier molecular flexibility index (Phi) is 10.5. The van der Waals surface area contributed by atoms with Gasteiger partial charge in [0.15, 0.2) is 0 Å². The van der Waals surface area contributed by atoms with E-state index in [4.69, 9.17) is 10.5 Å². The Balaban J connectivity index is 0.000000210. The van der Waals surface area contributed by atoms with Crippen LogP contribution in [0.15, 0.2) is 128 Å². The molecule has 0 aliphatic carbocycles. The first-order valence-electron chi connectivity index (χ1n) is 19.0. The summed E-state index contributed by atoms with van der Waals surface area (Å²) in [7, 11) is 0. The SMILES string of the molecule is [2H]C(C)(C)c1cccc(C([2H])(C)C)c1-n1c(-c2[c-]cccc2)nc2ccccc21.[2H]C([2H])(c1ccc(-c2ccc(-c3[c-]cccc3)nc2)nc1)C(C)(C)C.[Ir]. The van der Waals surface area contributed by atoms with Gasteiger partial charge in [0.05, 0.1) is 22.6 Å². The molecule has 0 bridgehead atoms. The predicted molar refractivity (Wildman–Crippen MR) is 208 cm³/mol. The van der Waals surface area contributed by atoms with Gasteiger partial charge in [-0.15, -0.1) is 71.8 Å². The van der Waals surface area contributed by atoms with Crippen molar-refractivity contribution in [3.8, 4) is 39.6 Å².